The molecule has 0 fully saturated rings. The van der Waals surface area contributed by atoms with Crippen molar-refractivity contribution in [2.24, 2.45) is 4.40 Å². The van der Waals surface area contributed by atoms with Crippen LogP contribution >= 0.6 is 11.9 Å². The zero-order valence-electron chi connectivity index (χ0n) is 14.5. The second kappa shape index (κ2) is 11.6. The molecule has 0 radical (unpaired) electrons. The van der Waals surface area contributed by atoms with Gasteiger partial charge in [0.1, 0.15) is 11.5 Å². The molecular formula is C19H31NOS. The van der Waals surface area contributed by atoms with E-state index in [0.29, 0.717) is 0 Å². The molecule has 0 unspecified atom stereocenters. The van der Waals surface area contributed by atoms with Crippen LogP contribution in [0.4, 0.5) is 0 Å². The Bertz CT molecular complexity index is 435. The Morgan fingerprint density at radius 3 is 2.82 bits per heavy atom. The third-order valence-electron chi connectivity index (χ3n) is 4.00. The zero-order chi connectivity index (χ0) is 16.2. The van der Waals surface area contributed by atoms with Crippen LogP contribution in [-0.2, 0) is 4.74 Å². The Balaban J connectivity index is 2.59. The maximum Gasteiger partial charge on any atom is 0.138 e. The summed E-state index contributed by atoms with van der Waals surface area (Å²) in [5.74, 6) is 0.737. The van der Waals surface area contributed by atoms with Gasteiger partial charge in [-0.25, -0.2) is 4.40 Å². The molecule has 22 heavy (non-hydrogen) atoms. The molecule has 0 saturated carbocycles. The highest BCUT2D eigenvalue weighted by Gasteiger charge is 2.15. The normalized spacial score (nSPS) is 18.0. The summed E-state index contributed by atoms with van der Waals surface area (Å²) in [5, 5.41) is 0. The lowest BCUT2D eigenvalue weighted by Gasteiger charge is -2.14. The molecule has 0 spiro atoms. The minimum Gasteiger partial charge on any atom is -0.492 e. The van der Waals surface area contributed by atoms with Crippen LogP contribution in [0.25, 0.3) is 0 Å². The summed E-state index contributed by atoms with van der Waals surface area (Å²) >= 11 is 1.48. The lowest BCUT2D eigenvalue weighted by Crippen LogP contribution is -2.09. The first-order valence-corrected chi connectivity index (χ1v) is 9.67. The van der Waals surface area contributed by atoms with Gasteiger partial charge in [0.15, 0.2) is 0 Å². The Hall–Kier alpha value is -0.960. The first-order chi connectivity index (χ1) is 10.7. The van der Waals surface area contributed by atoms with Crippen LogP contribution in [0.1, 0.15) is 65.2 Å². The third-order valence-corrected chi connectivity index (χ3v) is 4.37. The SMILES string of the molecule is C=C(OCCCCCC)/C(=N\SC)C1=CCC/C(=C\C)CC1. The van der Waals surface area contributed by atoms with Crippen molar-refractivity contribution in [3.05, 3.63) is 35.6 Å². The average Bonchev–Trinajstić information content (AvgIpc) is 2.77. The Morgan fingerprint density at radius 2 is 2.14 bits per heavy atom. The van der Waals surface area contributed by atoms with Crippen LogP contribution < -0.4 is 0 Å². The van der Waals surface area contributed by atoms with E-state index in [2.05, 4.69) is 37.0 Å². The van der Waals surface area contributed by atoms with Crippen molar-refractivity contribution in [3.63, 3.8) is 0 Å². The van der Waals surface area contributed by atoms with E-state index < -0.39 is 0 Å². The topological polar surface area (TPSA) is 21.6 Å². The second-order valence-electron chi connectivity index (χ2n) is 5.67. The number of unbranched alkanes of at least 4 members (excludes halogenated alkanes) is 3. The molecule has 2 nitrogen and oxygen atoms in total. The fourth-order valence-corrected chi connectivity index (χ4v) is 3.03. The molecule has 0 bridgehead atoms. The van der Waals surface area contributed by atoms with E-state index in [1.807, 2.05) is 6.26 Å². The molecule has 0 aliphatic heterocycles. The molecule has 1 aliphatic rings. The smallest absolute Gasteiger partial charge is 0.138 e. The summed E-state index contributed by atoms with van der Waals surface area (Å²) in [4.78, 5) is 0. The van der Waals surface area contributed by atoms with Gasteiger partial charge in [-0.2, -0.15) is 0 Å². The van der Waals surface area contributed by atoms with Crippen molar-refractivity contribution < 1.29 is 4.74 Å². The summed E-state index contributed by atoms with van der Waals surface area (Å²) in [5.41, 5.74) is 3.80. The monoisotopic (exact) mass is 321 g/mol. The molecule has 0 amide bonds. The highest BCUT2D eigenvalue weighted by Crippen LogP contribution is 2.26. The van der Waals surface area contributed by atoms with Gasteiger partial charge in [0.05, 0.1) is 6.61 Å². The predicted molar refractivity (Wildman–Crippen MR) is 100 cm³/mol. The summed E-state index contributed by atoms with van der Waals surface area (Å²) < 4.78 is 10.4. The van der Waals surface area contributed by atoms with E-state index in [4.69, 9.17) is 4.74 Å². The van der Waals surface area contributed by atoms with Crippen LogP contribution in [-0.4, -0.2) is 18.6 Å². The number of ether oxygens (including phenoxy) is 1. The molecule has 0 aromatic heterocycles. The Labute approximate surface area is 141 Å². The summed E-state index contributed by atoms with van der Waals surface area (Å²) in [6.07, 6.45) is 15.8. The van der Waals surface area contributed by atoms with Gasteiger partial charge in [-0.15, -0.1) is 0 Å². The van der Waals surface area contributed by atoms with E-state index in [1.54, 1.807) is 5.57 Å². The highest BCUT2D eigenvalue weighted by molar-refractivity contribution is 7.97. The molecule has 0 aromatic carbocycles. The summed E-state index contributed by atoms with van der Waals surface area (Å²) in [6.45, 7) is 9.22. The number of rotatable bonds is 9. The van der Waals surface area contributed by atoms with Crippen LogP contribution in [0.3, 0.4) is 0 Å². The quantitative estimate of drug-likeness (QED) is 0.164. The van der Waals surface area contributed by atoms with E-state index in [0.717, 1.165) is 50.2 Å². The van der Waals surface area contributed by atoms with Gasteiger partial charge in [0.2, 0.25) is 0 Å². The zero-order valence-corrected chi connectivity index (χ0v) is 15.3. The van der Waals surface area contributed by atoms with Gasteiger partial charge in [-0.05, 0) is 56.5 Å². The molecule has 1 rings (SSSR count). The average molecular weight is 322 g/mol. The summed E-state index contributed by atoms with van der Waals surface area (Å²) in [6, 6.07) is 0. The first kappa shape index (κ1) is 19.1. The van der Waals surface area contributed by atoms with E-state index in [-0.39, 0.29) is 0 Å². The Morgan fingerprint density at radius 1 is 1.32 bits per heavy atom. The van der Waals surface area contributed by atoms with Crippen LogP contribution in [0.2, 0.25) is 0 Å². The molecule has 3 heteroatoms. The van der Waals surface area contributed by atoms with Gasteiger partial charge in [-0.3, -0.25) is 0 Å². The number of allylic oxidation sites excluding steroid dienone is 4. The van der Waals surface area contributed by atoms with Gasteiger partial charge >= 0.3 is 0 Å². The fraction of sp³-hybridized carbons (Fsp3) is 0.632. The largest absolute Gasteiger partial charge is 0.492 e. The standard InChI is InChI=1S/C19H31NOS/c1-5-7-8-9-15-21-16(3)19(20-22-4)18-12-10-11-17(6-2)13-14-18/h6,12H,3,5,7-11,13-15H2,1-2,4H3/b17-6+,20-19+. The van der Waals surface area contributed by atoms with Crippen LogP contribution in [0.15, 0.2) is 40.0 Å². The molecule has 0 aromatic rings. The van der Waals surface area contributed by atoms with Gasteiger partial charge in [0, 0.05) is 6.26 Å². The molecule has 0 saturated heterocycles. The van der Waals surface area contributed by atoms with E-state index in [1.165, 1.54) is 36.8 Å². The summed E-state index contributed by atoms with van der Waals surface area (Å²) in [7, 11) is 0. The fourth-order valence-electron chi connectivity index (χ4n) is 2.63. The van der Waals surface area contributed by atoms with Crippen LogP contribution in [0.5, 0.6) is 0 Å². The lowest BCUT2D eigenvalue weighted by molar-refractivity contribution is 0.224. The molecular weight excluding hydrogens is 290 g/mol. The highest BCUT2D eigenvalue weighted by atomic mass is 32.2. The minimum atomic E-state index is 0.737. The number of hydrogen-bond acceptors (Lipinski definition) is 3. The first-order valence-electron chi connectivity index (χ1n) is 8.49. The lowest BCUT2D eigenvalue weighted by atomic mass is 10.0. The van der Waals surface area contributed by atoms with Crippen molar-refractivity contribution in [1.82, 2.24) is 0 Å². The van der Waals surface area contributed by atoms with Gasteiger partial charge in [-0.1, -0.05) is 50.5 Å². The molecule has 1 aliphatic carbocycles. The predicted octanol–water partition coefficient (Wildman–Crippen LogP) is 6.26. The maximum atomic E-state index is 5.86. The molecule has 0 atom stereocenters. The van der Waals surface area contributed by atoms with Gasteiger partial charge < -0.3 is 4.74 Å². The molecule has 0 N–H and O–H groups in total. The van der Waals surface area contributed by atoms with E-state index in [9.17, 15) is 0 Å². The third kappa shape index (κ3) is 6.87. The van der Waals surface area contributed by atoms with Crippen molar-refractivity contribution in [1.29, 1.82) is 0 Å². The maximum absolute atomic E-state index is 5.86. The van der Waals surface area contributed by atoms with Crippen LogP contribution in [0, 0.1) is 0 Å². The Kier molecular flexibility index (Phi) is 10.1. The van der Waals surface area contributed by atoms with E-state index >= 15 is 0 Å². The van der Waals surface area contributed by atoms with Crippen molar-refractivity contribution in [2.45, 2.75) is 65.2 Å². The number of hydrogen-bond donors (Lipinski definition) is 0. The van der Waals surface area contributed by atoms with Gasteiger partial charge in [0.25, 0.3) is 0 Å². The molecule has 124 valence electrons. The second-order valence-corrected chi connectivity index (χ2v) is 6.22. The van der Waals surface area contributed by atoms with Crippen molar-refractivity contribution >= 4 is 17.7 Å². The number of nitrogens with zero attached hydrogens (tertiary/aromatic N) is 1. The van der Waals surface area contributed by atoms with Crippen molar-refractivity contribution in [3.8, 4) is 0 Å². The molecule has 0 heterocycles. The minimum absolute atomic E-state index is 0.737. The van der Waals surface area contributed by atoms with Crippen molar-refractivity contribution in [2.75, 3.05) is 12.9 Å².